The summed E-state index contributed by atoms with van der Waals surface area (Å²) in [7, 11) is 2.29. The third-order valence-electron chi connectivity index (χ3n) is 3.66. The molecule has 2 heterocycles. The van der Waals surface area contributed by atoms with Crippen molar-refractivity contribution in [1.82, 2.24) is 10.2 Å². The average Bonchev–Trinajstić information content (AvgIpc) is 2.82. The van der Waals surface area contributed by atoms with Crippen LogP contribution < -0.4 is 5.32 Å². The van der Waals surface area contributed by atoms with Gasteiger partial charge in [-0.2, -0.15) is 0 Å². The number of nitrogens with zero attached hydrogens (tertiary/aromatic N) is 1. The van der Waals surface area contributed by atoms with Gasteiger partial charge in [0.25, 0.3) is 0 Å². The minimum Gasteiger partial charge on any atom is -0.317 e. The second-order valence-electron chi connectivity index (χ2n) is 4.78. The van der Waals surface area contributed by atoms with Gasteiger partial charge in [0.1, 0.15) is 0 Å². The Morgan fingerprint density at radius 1 is 1.50 bits per heavy atom. The van der Waals surface area contributed by atoms with Crippen molar-refractivity contribution >= 4 is 11.3 Å². The molecule has 2 rings (SSSR count). The molecule has 0 amide bonds. The Bertz CT molecular complexity index is 291. The fraction of sp³-hybridized carbons (Fsp3) is 0.692. The number of piperidine rings is 1. The summed E-state index contributed by atoms with van der Waals surface area (Å²) >= 11 is 1.88. The lowest BCUT2D eigenvalue weighted by Crippen LogP contribution is -2.45. The van der Waals surface area contributed by atoms with Crippen molar-refractivity contribution < 1.29 is 0 Å². The van der Waals surface area contributed by atoms with Crippen LogP contribution in [0, 0.1) is 0 Å². The Balaban J connectivity index is 1.85. The van der Waals surface area contributed by atoms with Crippen molar-refractivity contribution in [2.45, 2.75) is 38.3 Å². The lowest BCUT2D eigenvalue weighted by Gasteiger charge is -2.35. The van der Waals surface area contributed by atoms with E-state index in [-0.39, 0.29) is 0 Å². The molecule has 1 saturated heterocycles. The molecule has 3 heteroatoms. The molecule has 16 heavy (non-hydrogen) atoms. The van der Waals surface area contributed by atoms with Gasteiger partial charge in [0.2, 0.25) is 0 Å². The van der Waals surface area contributed by atoms with Crippen LogP contribution in [0.1, 0.15) is 24.6 Å². The van der Waals surface area contributed by atoms with Crippen LogP contribution in [0.15, 0.2) is 17.5 Å². The van der Waals surface area contributed by atoms with E-state index in [1.54, 1.807) is 0 Å². The molecule has 1 aliphatic heterocycles. The van der Waals surface area contributed by atoms with Crippen LogP contribution in [0.2, 0.25) is 0 Å². The van der Waals surface area contributed by atoms with Gasteiger partial charge in [-0.3, -0.25) is 0 Å². The van der Waals surface area contributed by atoms with Crippen LogP contribution in [-0.4, -0.2) is 37.1 Å². The molecule has 0 radical (unpaired) electrons. The minimum absolute atomic E-state index is 0.654. The number of hydrogen-bond acceptors (Lipinski definition) is 3. The van der Waals surface area contributed by atoms with E-state index in [1.165, 1.54) is 37.2 Å². The second-order valence-corrected chi connectivity index (χ2v) is 5.81. The molecule has 1 aromatic rings. The summed E-state index contributed by atoms with van der Waals surface area (Å²) < 4.78 is 0. The molecule has 0 aliphatic carbocycles. The van der Waals surface area contributed by atoms with Gasteiger partial charge < -0.3 is 10.2 Å². The van der Waals surface area contributed by atoms with Gasteiger partial charge in [-0.1, -0.05) is 6.07 Å². The summed E-state index contributed by atoms with van der Waals surface area (Å²) in [5, 5.41) is 5.60. The number of rotatable bonds is 4. The van der Waals surface area contributed by atoms with Crippen LogP contribution in [0.5, 0.6) is 0 Å². The van der Waals surface area contributed by atoms with E-state index in [4.69, 9.17) is 0 Å². The summed E-state index contributed by atoms with van der Waals surface area (Å²) in [5.41, 5.74) is 0. The van der Waals surface area contributed by atoms with Crippen molar-refractivity contribution in [3.63, 3.8) is 0 Å². The van der Waals surface area contributed by atoms with Crippen molar-refractivity contribution in [3.8, 4) is 0 Å². The molecule has 2 nitrogen and oxygen atoms in total. The Morgan fingerprint density at radius 3 is 2.88 bits per heavy atom. The Morgan fingerprint density at radius 2 is 2.25 bits per heavy atom. The highest BCUT2D eigenvalue weighted by molar-refractivity contribution is 7.09. The zero-order chi connectivity index (χ0) is 11.4. The first kappa shape index (κ1) is 12.1. The van der Waals surface area contributed by atoms with Crippen LogP contribution in [0.4, 0.5) is 0 Å². The first-order valence-electron chi connectivity index (χ1n) is 6.22. The lowest BCUT2D eigenvalue weighted by atomic mass is 10.0. The molecule has 1 aliphatic rings. The highest BCUT2D eigenvalue weighted by Crippen LogP contribution is 2.18. The molecule has 1 atom stereocenters. The first-order valence-corrected chi connectivity index (χ1v) is 7.10. The summed E-state index contributed by atoms with van der Waals surface area (Å²) in [6.07, 6.45) is 3.79. The number of thiophene rings is 1. The smallest absolute Gasteiger partial charge is 0.0119 e. The Hall–Kier alpha value is -0.380. The monoisotopic (exact) mass is 238 g/mol. The van der Waals surface area contributed by atoms with Gasteiger partial charge in [0.05, 0.1) is 0 Å². The van der Waals surface area contributed by atoms with Crippen LogP contribution >= 0.6 is 11.3 Å². The molecule has 0 aromatic carbocycles. The van der Waals surface area contributed by atoms with Crippen LogP contribution in [-0.2, 0) is 6.42 Å². The topological polar surface area (TPSA) is 15.3 Å². The lowest BCUT2D eigenvalue weighted by molar-refractivity contribution is 0.152. The van der Waals surface area contributed by atoms with E-state index in [2.05, 4.69) is 41.7 Å². The molecular weight excluding hydrogens is 216 g/mol. The van der Waals surface area contributed by atoms with E-state index in [9.17, 15) is 0 Å². The van der Waals surface area contributed by atoms with Crippen molar-refractivity contribution in [2.75, 3.05) is 20.1 Å². The minimum atomic E-state index is 0.654. The SMILES string of the molecule is CC(Cc1cccs1)N(C)C1CCNCC1. The quantitative estimate of drug-likeness (QED) is 0.866. The fourth-order valence-electron chi connectivity index (χ4n) is 2.44. The molecule has 0 spiro atoms. The highest BCUT2D eigenvalue weighted by Gasteiger charge is 2.21. The Labute approximate surface area is 103 Å². The summed E-state index contributed by atoms with van der Waals surface area (Å²) in [5.74, 6) is 0. The molecule has 0 bridgehead atoms. The first-order chi connectivity index (χ1) is 7.77. The number of likely N-dealkylation sites (N-methyl/N-ethyl adjacent to an activating group) is 1. The van der Waals surface area contributed by atoms with Crippen molar-refractivity contribution in [1.29, 1.82) is 0 Å². The maximum atomic E-state index is 3.43. The molecule has 0 saturated carbocycles. The number of hydrogen-bond donors (Lipinski definition) is 1. The maximum Gasteiger partial charge on any atom is 0.0119 e. The zero-order valence-corrected chi connectivity index (χ0v) is 11.1. The third kappa shape index (κ3) is 3.06. The van der Waals surface area contributed by atoms with Gasteiger partial charge in [-0.25, -0.2) is 0 Å². The molecule has 1 N–H and O–H groups in total. The molecule has 90 valence electrons. The predicted molar refractivity (Wildman–Crippen MR) is 71.1 cm³/mol. The zero-order valence-electron chi connectivity index (χ0n) is 10.3. The van der Waals surface area contributed by atoms with Crippen molar-refractivity contribution in [3.05, 3.63) is 22.4 Å². The summed E-state index contributed by atoms with van der Waals surface area (Å²) in [4.78, 5) is 4.08. The van der Waals surface area contributed by atoms with E-state index in [0.717, 1.165) is 6.04 Å². The molecule has 1 unspecified atom stereocenters. The fourth-order valence-corrected chi connectivity index (χ4v) is 3.26. The van der Waals surface area contributed by atoms with Gasteiger partial charge in [-0.15, -0.1) is 11.3 Å². The van der Waals surface area contributed by atoms with Gasteiger partial charge in [0, 0.05) is 17.0 Å². The summed E-state index contributed by atoms with van der Waals surface area (Å²) in [6.45, 7) is 4.71. The summed E-state index contributed by atoms with van der Waals surface area (Å²) in [6, 6.07) is 5.83. The van der Waals surface area contributed by atoms with E-state index >= 15 is 0 Å². The molecule has 1 aromatic heterocycles. The third-order valence-corrected chi connectivity index (χ3v) is 4.56. The molecule has 1 fully saturated rings. The largest absolute Gasteiger partial charge is 0.317 e. The predicted octanol–water partition coefficient (Wildman–Crippen LogP) is 2.36. The van der Waals surface area contributed by atoms with Gasteiger partial charge >= 0.3 is 0 Å². The highest BCUT2D eigenvalue weighted by atomic mass is 32.1. The number of nitrogens with one attached hydrogen (secondary N) is 1. The van der Waals surface area contributed by atoms with E-state index < -0.39 is 0 Å². The van der Waals surface area contributed by atoms with Crippen molar-refractivity contribution in [2.24, 2.45) is 0 Å². The Kier molecular flexibility index (Phi) is 4.38. The average molecular weight is 238 g/mol. The van der Waals surface area contributed by atoms with Gasteiger partial charge in [0.15, 0.2) is 0 Å². The second kappa shape index (κ2) is 5.80. The maximum absolute atomic E-state index is 3.43. The normalized spacial score (nSPS) is 20.2. The van der Waals surface area contributed by atoms with E-state index in [1.807, 2.05) is 11.3 Å². The molecular formula is C13H22N2S. The standard InChI is InChI=1S/C13H22N2S/c1-11(10-13-4-3-9-16-13)15(2)12-5-7-14-8-6-12/h3-4,9,11-12,14H,5-8,10H2,1-2H3. The van der Waals surface area contributed by atoms with E-state index in [0.29, 0.717) is 6.04 Å². The van der Waals surface area contributed by atoms with Crippen LogP contribution in [0.25, 0.3) is 0 Å². The van der Waals surface area contributed by atoms with Crippen LogP contribution in [0.3, 0.4) is 0 Å². The van der Waals surface area contributed by atoms with Gasteiger partial charge in [-0.05, 0) is 57.8 Å².